The molecule has 4 nitrogen and oxygen atoms in total. The second-order valence-corrected chi connectivity index (χ2v) is 4.52. The fraction of sp³-hybridized carbons (Fsp3) is 0.357. The Kier molecular flexibility index (Phi) is 4.12. The van der Waals surface area contributed by atoms with Crippen LogP contribution >= 0.6 is 0 Å². The van der Waals surface area contributed by atoms with Crippen LogP contribution in [0.5, 0.6) is 5.75 Å². The molecule has 0 amide bonds. The summed E-state index contributed by atoms with van der Waals surface area (Å²) in [5, 5.41) is 1.09. The third-order valence-electron chi connectivity index (χ3n) is 3.02. The molecule has 0 saturated carbocycles. The van der Waals surface area contributed by atoms with E-state index >= 15 is 0 Å². The monoisotopic (exact) mass is 245 g/mol. The largest absolute Gasteiger partial charge is 0.492 e. The molecule has 18 heavy (non-hydrogen) atoms. The molecule has 2 aromatic rings. The van der Waals surface area contributed by atoms with Gasteiger partial charge in [0.25, 0.3) is 0 Å². The molecule has 1 heterocycles. The Morgan fingerprint density at radius 3 is 2.89 bits per heavy atom. The fourth-order valence-corrected chi connectivity index (χ4v) is 1.76. The number of hydrogen-bond donors (Lipinski definition) is 1. The Hall–Kier alpha value is -1.65. The van der Waals surface area contributed by atoms with Crippen molar-refractivity contribution in [1.82, 2.24) is 9.88 Å². The lowest BCUT2D eigenvalue weighted by Gasteiger charge is -2.22. The molecule has 1 aromatic heterocycles. The summed E-state index contributed by atoms with van der Waals surface area (Å²) in [4.78, 5) is 6.35. The van der Waals surface area contributed by atoms with Crippen LogP contribution in [-0.2, 0) is 0 Å². The average molecular weight is 245 g/mol. The number of ether oxygens (including phenoxy) is 1. The summed E-state index contributed by atoms with van der Waals surface area (Å²) in [6.45, 7) is 1.18. The maximum atomic E-state index is 5.78. The van der Waals surface area contributed by atoms with Crippen LogP contribution < -0.4 is 10.5 Å². The van der Waals surface area contributed by atoms with Gasteiger partial charge in [0.05, 0.1) is 11.6 Å². The van der Waals surface area contributed by atoms with Gasteiger partial charge in [0.15, 0.2) is 0 Å². The van der Waals surface area contributed by atoms with E-state index < -0.39 is 0 Å². The molecule has 1 atom stereocenters. The quantitative estimate of drug-likeness (QED) is 0.867. The topological polar surface area (TPSA) is 51.4 Å². The lowest BCUT2D eigenvalue weighted by Crippen LogP contribution is -2.39. The Morgan fingerprint density at radius 2 is 2.17 bits per heavy atom. The molecule has 96 valence electrons. The van der Waals surface area contributed by atoms with Gasteiger partial charge in [-0.2, -0.15) is 0 Å². The van der Waals surface area contributed by atoms with E-state index in [9.17, 15) is 0 Å². The van der Waals surface area contributed by atoms with Crippen LogP contribution in [-0.4, -0.2) is 43.2 Å². The highest BCUT2D eigenvalue weighted by molar-refractivity contribution is 5.79. The van der Waals surface area contributed by atoms with Crippen LogP contribution in [0.15, 0.2) is 36.5 Å². The molecule has 2 N–H and O–H groups in total. The molecule has 0 radical (unpaired) electrons. The molecular formula is C14H19N3O. The van der Waals surface area contributed by atoms with Gasteiger partial charge < -0.3 is 15.4 Å². The van der Waals surface area contributed by atoms with E-state index in [1.54, 1.807) is 6.20 Å². The van der Waals surface area contributed by atoms with Crippen molar-refractivity contribution in [1.29, 1.82) is 0 Å². The van der Waals surface area contributed by atoms with Crippen molar-refractivity contribution < 1.29 is 4.74 Å². The van der Waals surface area contributed by atoms with Crippen LogP contribution in [0, 0.1) is 0 Å². The Balaban J connectivity index is 2.07. The summed E-state index contributed by atoms with van der Waals surface area (Å²) in [6.07, 6.45) is 1.79. The smallest absolute Gasteiger partial charge is 0.120 e. The highest BCUT2D eigenvalue weighted by atomic mass is 16.5. The first-order chi connectivity index (χ1) is 8.70. The van der Waals surface area contributed by atoms with Crippen LogP contribution in [0.2, 0.25) is 0 Å². The molecule has 0 saturated heterocycles. The number of aromatic nitrogens is 1. The van der Waals surface area contributed by atoms with E-state index in [-0.39, 0.29) is 6.04 Å². The van der Waals surface area contributed by atoms with E-state index in [4.69, 9.17) is 10.5 Å². The van der Waals surface area contributed by atoms with E-state index in [2.05, 4.69) is 9.88 Å². The molecule has 0 aliphatic rings. The van der Waals surface area contributed by atoms with E-state index in [0.717, 1.165) is 16.7 Å². The van der Waals surface area contributed by atoms with Gasteiger partial charge in [-0.25, -0.2) is 0 Å². The Labute approximate surface area is 107 Å². The second kappa shape index (κ2) is 5.80. The molecule has 0 spiro atoms. The molecule has 4 heteroatoms. The fourth-order valence-electron chi connectivity index (χ4n) is 1.76. The SMILES string of the molecule is CN(C)C(CN)COc1ccc2ncccc2c1. The third-order valence-corrected chi connectivity index (χ3v) is 3.02. The maximum absolute atomic E-state index is 5.78. The third kappa shape index (κ3) is 2.97. The van der Waals surface area contributed by atoms with Crippen molar-refractivity contribution in [3.8, 4) is 5.75 Å². The second-order valence-electron chi connectivity index (χ2n) is 4.52. The lowest BCUT2D eigenvalue weighted by molar-refractivity contribution is 0.190. The van der Waals surface area contributed by atoms with E-state index in [1.807, 2.05) is 44.4 Å². The number of benzene rings is 1. The van der Waals surface area contributed by atoms with Crippen molar-refractivity contribution in [2.24, 2.45) is 5.73 Å². The molecule has 0 bridgehead atoms. The number of nitrogens with two attached hydrogens (primary N) is 1. The zero-order valence-corrected chi connectivity index (χ0v) is 10.8. The molecule has 0 fully saturated rings. The highest BCUT2D eigenvalue weighted by Gasteiger charge is 2.09. The predicted octanol–water partition coefficient (Wildman–Crippen LogP) is 1.50. The van der Waals surface area contributed by atoms with Crippen LogP contribution in [0.25, 0.3) is 10.9 Å². The summed E-state index contributed by atoms with van der Waals surface area (Å²) < 4.78 is 5.78. The van der Waals surface area contributed by atoms with Gasteiger partial charge in [-0.3, -0.25) is 4.98 Å². The summed E-state index contributed by atoms with van der Waals surface area (Å²) in [7, 11) is 4.01. The van der Waals surface area contributed by atoms with Crippen LogP contribution in [0.4, 0.5) is 0 Å². The lowest BCUT2D eigenvalue weighted by atomic mass is 10.2. The first-order valence-corrected chi connectivity index (χ1v) is 6.05. The maximum Gasteiger partial charge on any atom is 0.120 e. The standard InChI is InChI=1S/C14H19N3O/c1-17(2)12(9-15)10-18-13-5-6-14-11(8-13)4-3-7-16-14/h3-8,12H,9-10,15H2,1-2H3. The van der Waals surface area contributed by atoms with Crippen molar-refractivity contribution in [3.63, 3.8) is 0 Å². The Bertz CT molecular complexity index is 513. The molecule has 0 aliphatic heterocycles. The van der Waals surface area contributed by atoms with Crippen molar-refractivity contribution in [2.45, 2.75) is 6.04 Å². The zero-order chi connectivity index (χ0) is 13.0. The number of pyridine rings is 1. The number of hydrogen-bond acceptors (Lipinski definition) is 4. The van der Waals surface area contributed by atoms with Crippen molar-refractivity contribution >= 4 is 10.9 Å². The summed E-state index contributed by atoms with van der Waals surface area (Å²) >= 11 is 0. The number of nitrogens with zero attached hydrogens (tertiary/aromatic N) is 2. The molecule has 1 unspecified atom stereocenters. The van der Waals surface area contributed by atoms with Gasteiger partial charge in [0.2, 0.25) is 0 Å². The number of rotatable bonds is 5. The predicted molar refractivity (Wildman–Crippen MR) is 73.8 cm³/mol. The minimum absolute atomic E-state index is 0.231. The Morgan fingerprint density at radius 1 is 1.33 bits per heavy atom. The van der Waals surface area contributed by atoms with Gasteiger partial charge in [-0.1, -0.05) is 6.07 Å². The molecule has 1 aromatic carbocycles. The number of fused-ring (bicyclic) bond motifs is 1. The molecular weight excluding hydrogens is 226 g/mol. The van der Waals surface area contributed by atoms with Gasteiger partial charge in [0.1, 0.15) is 12.4 Å². The first-order valence-electron chi connectivity index (χ1n) is 6.05. The van der Waals surface area contributed by atoms with Gasteiger partial charge in [0, 0.05) is 18.1 Å². The minimum atomic E-state index is 0.231. The van der Waals surface area contributed by atoms with Crippen molar-refractivity contribution in [2.75, 3.05) is 27.2 Å². The van der Waals surface area contributed by atoms with Crippen molar-refractivity contribution in [3.05, 3.63) is 36.5 Å². The highest BCUT2D eigenvalue weighted by Crippen LogP contribution is 2.19. The summed E-state index contributed by atoms with van der Waals surface area (Å²) in [5.41, 5.74) is 6.68. The van der Waals surface area contributed by atoms with Gasteiger partial charge in [-0.15, -0.1) is 0 Å². The van der Waals surface area contributed by atoms with Gasteiger partial charge in [-0.05, 0) is 38.4 Å². The van der Waals surface area contributed by atoms with Crippen LogP contribution in [0.1, 0.15) is 0 Å². The first kappa shape index (κ1) is 12.8. The van der Waals surface area contributed by atoms with Crippen LogP contribution in [0.3, 0.4) is 0 Å². The van der Waals surface area contributed by atoms with E-state index in [0.29, 0.717) is 13.2 Å². The number of likely N-dealkylation sites (N-methyl/N-ethyl adjacent to an activating group) is 1. The van der Waals surface area contributed by atoms with E-state index in [1.165, 1.54) is 0 Å². The van der Waals surface area contributed by atoms with Gasteiger partial charge >= 0.3 is 0 Å². The summed E-state index contributed by atoms with van der Waals surface area (Å²) in [6, 6.07) is 10.1. The minimum Gasteiger partial charge on any atom is -0.492 e. The zero-order valence-electron chi connectivity index (χ0n) is 10.8. The average Bonchev–Trinajstić information content (AvgIpc) is 2.39. The molecule has 2 rings (SSSR count). The normalized spacial score (nSPS) is 12.9. The molecule has 0 aliphatic carbocycles. The summed E-state index contributed by atoms with van der Waals surface area (Å²) in [5.74, 6) is 0.857.